The molecule has 5 nitrogen and oxygen atoms in total. The number of hydrogen-bond donors (Lipinski definition) is 2. The van der Waals surface area contributed by atoms with Crippen LogP contribution < -0.4 is 11.1 Å². The van der Waals surface area contributed by atoms with Crippen molar-refractivity contribution < 1.29 is 4.79 Å². The first-order valence-electron chi connectivity index (χ1n) is 7.00. The number of aromatic nitrogens is 2. The van der Waals surface area contributed by atoms with E-state index in [1.807, 2.05) is 25.6 Å². The Balaban J connectivity index is 2.69. The minimum absolute atomic E-state index is 0.270. The van der Waals surface area contributed by atoms with Gasteiger partial charge < -0.3 is 11.1 Å². The van der Waals surface area contributed by atoms with Crippen LogP contribution in [0.2, 0.25) is 0 Å². The maximum Gasteiger partial charge on any atom is 0.237 e. The molecule has 0 aliphatic carbocycles. The van der Waals surface area contributed by atoms with Gasteiger partial charge in [0.2, 0.25) is 5.91 Å². The van der Waals surface area contributed by atoms with Crippen molar-refractivity contribution in [3.05, 3.63) is 11.8 Å². The normalized spacial score (nSPS) is 15.8. The summed E-state index contributed by atoms with van der Waals surface area (Å²) in [6.07, 6.45) is 1.67. The Kier molecular flexibility index (Phi) is 6.07. The average molecular weight is 298 g/mol. The smallest absolute Gasteiger partial charge is 0.237 e. The van der Waals surface area contributed by atoms with Gasteiger partial charge in [-0.1, -0.05) is 13.8 Å². The van der Waals surface area contributed by atoms with Gasteiger partial charge in [-0.05, 0) is 39.3 Å². The molecular formula is C14H26N4OS. The van der Waals surface area contributed by atoms with Gasteiger partial charge in [0.15, 0.2) is 0 Å². The highest BCUT2D eigenvalue weighted by Crippen LogP contribution is 2.28. The van der Waals surface area contributed by atoms with Gasteiger partial charge in [0.1, 0.15) is 0 Å². The lowest BCUT2D eigenvalue weighted by atomic mass is 9.95. The third-order valence-electron chi connectivity index (χ3n) is 3.29. The molecule has 1 aromatic rings. The van der Waals surface area contributed by atoms with Crippen LogP contribution in [0, 0.1) is 6.92 Å². The Hall–Kier alpha value is -1.01. The third-order valence-corrected chi connectivity index (χ3v) is 4.48. The van der Waals surface area contributed by atoms with Crippen molar-refractivity contribution in [1.82, 2.24) is 15.1 Å². The first-order valence-corrected chi connectivity index (χ1v) is 7.88. The maximum atomic E-state index is 11.7. The van der Waals surface area contributed by atoms with Crippen molar-refractivity contribution in [1.29, 1.82) is 0 Å². The van der Waals surface area contributed by atoms with E-state index >= 15 is 0 Å². The number of amides is 1. The number of carbonyl (C=O) groups is 1. The fourth-order valence-electron chi connectivity index (χ4n) is 2.18. The molecule has 114 valence electrons. The van der Waals surface area contributed by atoms with Crippen LogP contribution in [0.15, 0.2) is 11.1 Å². The van der Waals surface area contributed by atoms with Crippen LogP contribution in [0.25, 0.3) is 0 Å². The number of hydrogen-bond acceptors (Lipinski definition) is 4. The largest absolute Gasteiger partial charge is 0.368 e. The summed E-state index contributed by atoms with van der Waals surface area (Å²) in [5.41, 5.74) is 5.91. The first-order chi connectivity index (χ1) is 9.28. The summed E-state index contributed by atoms with van der Waals surface area (Å²) in [5.74, 6) is -0.292. The Bertz CT molecular complexity index is 460. The van der Waals surface area contributed by atoms with Crippen molar-refractivity contribution in [2.45, 2.75) is 56.4 Å². The fourth-order valence-corrected chi connectivity index (χ4v) is 3.44. The zero-order valence-electron chi connectivity index (χ0n) is 13.1. The van der Waals surface area contributed by atoms with Crippen molar-refractivity contribution in [3.8, 4) is 0 Å². The van der Waals surface area contributed by atoms with E-state index in [-0.39, 0.29) is 11.2 Å². The van der Waals surface area contributed by atoms with E-state index < -0.39 is 5.54 Å². The number of primary amides is 1. The molecule has 2 atom stereocenters. The second kappa shape index (κ2) is 7.13. The molecular weight excluding hydrogens is 272 g/mol. The maximum absolute atomic E-state index is 11.7. The van der Waals surface area contributed by atoms with Gasteiger partial charge in [0.25, 0.3) is 0 Å². The van der Waals surface area contributed by atoms with Gasteiger partial charge in [0, 0.05) is 12.3 Å². The molecule has 3 N–H and O–H groups in total. The van der Waals surface area contributed by atoms with Crippen LogP contribution in [0.1, 0.15) is 39.3 Å². The molecule has 0 aliphatic heterocycles. The van der Waals surface area contributed by atoms with Crippen LogP contribution in [0.4, 0.5) is 0 Å². The lowest BCUT2D eigenvalue weighted by molar-refractivity contribution is -0.124. The number of nitrogens with two attached hydrogens (primary N) is 1. The summed E-state index contributed by atoms with van der Waals surface area (Å²) < 4.78 is 1.87. The summed E-state index contributed by atoms with van der Waals surface area (Å²) in [5, 5.41) is 8.98. The van der Waals surface area contributed by atoms with Crippen LogP contribution in [-0.2, 0) is 11.8 Å². The number of aryl methyl sites for hydroxylation is 2. The van der Waals surface area contributed by atoms with Gasteiger partial charge in [-0.15, -0.1) is 11.8 Å². The summed E-state index contributed by atoms with van der Waals surface area (Å²) >= 11 is 1.72. The topological polar surface area (TPSA) is 72.9 Å². The number of nitrogens with one attached hydrogen (secondary N) is 1. The minimum Gasteiger partial charge on any atom is -0.368 e. The van der Waals surface area contributed by atoms with E-state index in [1.54, 1.807) is 11.8 Å². The van der Waals surface area contributed by atoms with Crippen LogP contribution >= 0.6 is 11.8 Å². The number of carbonyl (C=O) groups excluding carboxylic acids is 1. The Morgan fingerprint density at radius 3 is 2.75 bits per heavy atom. The van der Waals surface area contributed by atoms with Gasteiger partial charge in [-0.2, -0.15) is 5.10 Å². The highest BCUT2D eigenvalue weighted by Gasteiger charge is 2.32. The zero-order chi connectivity index (χ0) is 15.3. The number of rotatable bonds is 8. The SMILES string of the molecule is CCCNC(C)(CC(C)Sc1cc(C)nn1C)C(N)=O. The molecule has 20 heavy (non-hydrogen) atoms. The van der Waals surface area contributed by atoms with E-state index in [1.165, 1.54) is 0 Å². The molecule has 0 bridgehead atoms. The number of thioether (sulfide) groups is 1. The van der Waals surface area contributed by atoms with Gasteiger partial charge >= 0.3 is 0 Å². The Morgan fingerprint density at radius 2 is 2.30 bits per heavy atom. The van der Waals surface area contributed by atoms with Crippen molar-refractivity contribution in [2.24, 2.45) is 12.8 Å². The van der Waals surface area contributed by atoms with Gasteiger partial charge in [0.05, 0.1) is 16.3 Å². The summed E-state index contributed by atoms with van der Waals surface area (Å²) in [6.45, 7) is 8.84. The monoisotopic (exact) mass is 298 g/mol. The second-order valence-electron chi connectivity index (χ2n) is 5.50. The lowest BCUT2D eigenvalue weighted by Crippen LogP contribution is -2.54. The molecule has 2 unspecified atom stereocenters. The van der Waals surface area contributed by atoms with Gasteiger partial charge in [-0.25, -0.2) is 0 Å². The first kappa shape index (κ1) is 17.0. The van der Waals surface area contributed by atoms with Crippen molar-refractivity contribution >= 4 is 17.7 Å². The molecule has 1 heterocycles. The zero-order valence-corrected chi connectivity index (χ0v) is 13.9. The molecule has 1 rings (SSSR count). The summed E-state index contributed by atoms with van der Waals surface area (Å²) in [4.78, 5) is 11.7. The molecule has 0 radical (unpaired) electrons. The van der Waals surface area contributed by atoms with E-state index in [2.05, 4.69) is 30.3 Å². The highest BCUT2D eigenvalue weighted by molar-refractivity contribution is 7.99. The van der Waals surface area contributed by atoms with E-state index in [0.717, 1.165) is 23.7 Å². The summed E-state index contributed by atoms with van der Waals surface area (Å²) in [7, 11) is 1.94. The van der Waals surface area contributed by atoms with E-state index in [4.69, 9.17) is 5.73 Å². The summed E-state index contributed by atoms with van der Waals surface area (Å²) in [6, 6.07) is 2.06. The molecule has 0 saturated carbocycles. The molecule has 1 aromatic heterocycles. The standard InChI is InChI=1S/C14H26N4OS/c1-6-7-16-14(4,13(15)19)9-11(3)20-12-8-10(2)17-18(12)5/h8,11,16H,6-7,9H2,1-5H3,(H2,15,19). The number of nitrogens with zero attached hydrogens (tertiary/aromatic N) is 2. The lowest BCUT2D eigenvalue weighted by Gasteiger charge is -2.30. The molecule has 1 amide bonds. The predicted molar refractivity (Wildman–Crippen MR) is 83.8 cm³/mol. The van der Waals surface area contributed by atoms with Crippen LogP contribution in [-0.4, -0.2) is 33.0 Å². The molecule has 0 spiro atoms. The molecule has 0 aliphatic rings. The minimum atomic E-state index is -0.657. The Labute approximate surface area is 125 Å². The molecule has 0 saturated heterocycles. The molecule has 6 heteroatoms. The quantitative estimate of drug-likeness (QED) is 0.718. The Morgan fingerprint density at radius 1 is 1.65 bits per heavy atom. The van der Waals surface area contributed by atoms with Crippen molar-refractivity contribution in [3.63, 3.8) is 0 Å². The van der Waals surface area contributed by atoms with Crippen molar-refractivity contribution in [2.75, 3.05) is 6.54 Å². The third kappa shape index (κ3) is 4.52. The van der Waals surface area contributed by atoms with Crippen LogP contribution in [0.3, 0.4) is 0 Å². The average Bonchev–Trinajstić information content (AvgIpc) is 2.64. The van der Waals surface area contributed by atoms with E-state index in [0.29, 0.717) is 6.42 Å². The van der Waals surface area contributed by atoms with E-state index in [9.17, 15) is 4.79 Å². The predicted octanol–water partition coefficient (Wildman–Crippen LogP) is 1.84. The fraction of sp³-hybridized carbons (Fsp3) is 0.714. The molecule has 0 aromatic carbocycles. The highest BCUT2D eigenvalue weighted by atomic mass is 32.2. The molecule has 0 fully saturated rings. The second-order valence-corrected chi connectivity index (χ2v) is 6.96. The van der Waals surface area contributed by atoms with Crippen LogP contribution in [0.5, 0.6) is 0 Å². The van der Waals surface area contributed by atoms with Gasteiger partial charge in [-0.3, -0.25) is 9.48 Å².